The molecule has 0 saturated carbocycles. The van der Waals surface area contributed by atoms with Crippen molar-refractivity contribution in [2.75, 3.05) is 6.61 Å². The van der Waals surface area contributed by atoms with Gasteiger partial charge in [0.15, 0.2) is 0 Å². The molecule has 110 valence electrons. The van der Waals surface area contributed by atoms with Gasteiger partial charge < -0.3 is 4.74 Å². The number of nitrogens with zero attached hydrogens (tertiary/aromatic N) is 1. The van der Waals surface area contributed by atoms with Gasteiger partial charge in [0, 0.05) is 12.5 Å². The van der Waals surface area contributed by atoms with Gasteiger partial charge in [0.05, 0.1) is 18.7 Å². The monoisotopic (exact) mass is 274 g/mol. The molecule has 0 bridgehead atoms. The molecule has 0 fully saturated rings. The van der Waals surface area contributed by atoms with Crippen LogP contribution in [0.4, 0.5) is 0 Å². The minimum Gasteiger partial charge on any atom is -0.493 e. The van der Waals surface area contributed by atoms with Crippen molar-refractivity contribution in [3.05, 3.63) is 29.8 Å². The fourth-order valence-electron chi connectivity index (χ4n) is 1.93. The van der Waals surface area contributed by atoms with Gasteiger partial charge in [-0.3, -0.25) is 5.32 Å². The largest absolute Gasteiger partial charge is 0.493 e. The Balaban J connectivity index is 2.52. The summed E-state index contributed by atoms with van der Waals surface area (Å²) in [7, 11) is 0. The first-order valence-electron chi connectivity index (χ1n) is 7.22. The molecule has 0 aliphatic heterocycles. The molecule has 0 amide bonds. The lowest BCUT2D eigenvalue weighted by Crippen LogP contribution is -2.34. The van der Waals surface area contributed by atoms with Gasteiger partial charge in [0.1, 0.15) is 5.75 Å². The first-order valence-corrected chi connectivity index (χ1v) is 7.22. The summed E-state index contributed by atoms with van der Waals surface area (Å²) in [5.41, 5.74) is 1.38. The number of hydrogen-bond donors (Lipinski definition) is 1. The van der Waals surface area contributed by atoms with E-state index in [-0.39, 0.29) is 11.5 Å². The van der Waals surface area contributed by atoms with E-state index < -0.39 is 0 Å². The van der Waals surface area contributed by atoms with E-state index in [1.165, 1.54) is 5.56 Å². The Morgan fingerprint density at radius 2 is 2.00 bits per heavy atom. The van der Waals surface area contributed by atoms with Gasteiger partial charge in [-0.2, -0.15) is 5.26 Å². The van der Waals surface area contributed by atoms with Crippen molar-refractivity contribution in [3.63, 3.8) is 0 Å². The third-order valence-electron chi connectivity index (χ3n) is 3.07. The van der Waals surface area contributed by atoms with Crippen LogP contribution in [0.15, 0.2) is 24.3 Å². The molecule has 1 aromatic carbocycles. The fraction of sp³-hybridized carbons (Fsp3) is 0.588. The third kappa shape index (κ3) is 5.63. The average molecular weight is 274 g/mol. The molecule has 0 heterocycles. The van der Waals surface area contributed by atoms with Crippen molar-refractivity contribution in [1.82, 2.24) is 5.32 Å². The van der Waals surface area contributed by atoms with Gasteiger partial charge in [-0.25, -0.2) is 0 Å². The quantitative estimate of drug-likeness (QED) is 0.861. The number of hydrogen-bond acceptors (Lipinski definition) is 3. The van der Waals surface area contributed by atoms with Crippen LogP contribution in [0, 0.1) is 11.3 Å². The molecule has 0 aromatic heterocycles. The molecule has 3 nitrogen and oxygen atoms in total. The first kappa shape index (κ1) is 16.5. The van der Waals surface area contributed by atoms with Gasteiger partial charge in [0.25, 0.3) is 0 Å². The van der Waals surface area contributed by atoms with E-state index in [0.29, 0.717) is 19.1 Å². The maximum Gasteiger partial charge on any atom is 0.119 e. The maximum atomic E-state index is 9.05. The minimum atomic E-state index is -0.152. The van der Waals surface area contributed by atoms with Gasteiger partial charge in [-0.15, -0.1) is 0 Å². The summed E-state index contributed by atoms with van der Waals surface area (Å²) < 4.78 is 5.76. The Morgan fingerprint density at radius 3 is 2.55 bits per heavy atom. The van der Waals surface area contributed by atoms with Gasteiger partial charge in [0.2, 0.25) is 0 Å². The molecule has 3 heteroatoms. The number of rotatable bonds is 6. The molecule has 1 unspecified atom stereocenters. The van der Waals surface area contributed by atoms with Crippen molar-refractivity contribution in [2.45, 2.75) is 58.5 Å². The van der Waals surface area contributed by atoms with Crippen LogP contribution in [-0.2, 0) is 5.41 Å². The zero-order chi connectivity index (χ0) is 15.2. The maximum absolute atomic E-state index is 9.05. The number of benzene rings is 1. The lowest BCUT2D eigenvalue weighted by atomic mass is 9.87. The van der Waals surface area contributed by atoms with Crippen LogP contribution in [0.2, 0.25) is 0 Å². The second-order valence-electron chi connectivity index (χ2n) is 6.42. The van der Waals surface area contributed by atoms with E-state index in [1.54, 1.807) is 0 Å². The first-order chi connectivity index (χ1) is 9.32. The Labute approximate surface area is 123 Å². The molecule has 0 saturated heterocycles. The van der Waals surface area contributed by atoms with Crippen LogP contribution in [0.5, 0.6) is 5.75 Å². The molecule has 0 aliphatic carbocycles. The van der Waals surface area contributed by atoms with Crippen molar-refractivity contribution < 1.29 is 4.74 Å². The van der Waals surface area contributed by atoms with Crippen molar-refractivity contribution >= 4 is 0 Å². The highest BCUT2D eigenvalue weighted by molar-refractivity contribution is 5.32. The smallest absolute Gasteiger partial charge is 0.119 e. The molecular formula is C17H26N2O. The lowest BCUT2D eigenvalue weighted by molar-refractivity contribution is 0.294. The van der Waals surface area contributed by atoms with E-state index in [4.69, 9.17) is 10.00 Å². The normalized spacial score (nSPS) is 13.1. The van der Waals surface area contributed by atoms with E-state index in [9.17, 15) is 0 Å². The highest BCUT2D eigenvalue weighted by Crippen LogP contribution is 2.25. The topological polar surface area (TPSA) is 45.0 Å². The molecular weight excluding hydrogens is 248 g/mol. The molecule has 1 N–H and O–H groups in total. The molecule has 1 atom stereocenters. The van der Waals surface area contributed by atoms with Crippen LogP contribution >= 0.6 is 0 Å². The van der Waals surface area contributed by atoms with Crippen LogP contribution in [0.1, 0.15) is 46.6 Å². The highest BCUT2D eigenvalue weighted by Gasteiger charge is 2.14. The van der Waals surface area contributed by atoms with Crippen molar-refractivity contribution in [2.24, 2.45) is 0 Å². The molecule has 1 aromatic rings. The molecule has 1 rings (SSSR count). The Morgan fingerprint density at radius 1 is 1.30 bits per heavy atom. The Kier molecular flexibility index (Phi) is 6.04. The molecule has 20 heavy (non-hydrogen) atoms. The van der Waals surface area contributed by atoms with Crippen molar-refractivity contribution in [3.8, 4) is 11.8 Å². The summed E-state index contributed by atoms with van der Waals surface area (Å²) in [6, 6.07) is 10.6. The number of nitriles is 1. The van der Waals surface area contributed by atoms with Crippen LogP contribution < -0.4 is 10.1 Å². The van der Waals surface area contributed by atoms with Gasteiger partial charge in [-0.1, -0.05) is 32.9 Å². The summed E-state index contributed by atoms with van der Waals surface area (Å²) in [5.74, 6) is 0.874. The minimum absolute atomic E-state index is 0.119. The SMILES string of the molecule is CC(C)NC(C#N)CCOc1cccc(C(C)(C)C)c1. The standard InChI is InChI=1S/C17H26N2O/c1-13(2)19-15(12-18)9-10-20-16-8-6-7-14(11-16)17(3,4)5/h6-8,11,13,15,19H,9-10H2,1-5H3. The van der Waals surface area contributed by atoms with Gasteiger partial charge >= 0.3 is 0 Å². The van der Waals surface area contributed by atoms with Crippen LogP contribution in [0.25, 0.3) is 0 Å². The summed E-state index contributed by atoms with van der Waals surface area (Å²) in [5, 5.41) is 12.3. The summed E-state index contributed by atoms with van der Waals surface area (Å²) in [6.45, 7) is 11.2. The number of ether oxygens (including phenoxy) is 1. The lowest BCUT2D eigenvalue weighted by Gasteiger charge is -2.20. The second-order valence-corrected chi connectivity index (χ2v) is 6.42. The molecule has 0 spiro atoms. The average Bonchev–Trinajstić information content (AvgIpc) is 2.36. The second kappa shape index (κ2) is 7.31. The van der Waals surface area contributed by atoms with E-state index in [1.807, 2.05) is 26.0 Å². The van der Waals surface area contributed by atoms with E-state index in [2.05, 4.69) is 44.3 Å². The predicted molar refractivity (Wildman–Crippen MR) is 82.9 cm³/mol. The Hall–Kier alpha value is -1.53. The zero-order valence-electron chi connectivity index (χ0n) is 13.2. The fourth-order valence-corrected chi connectivity index (χ4v) is 1.93. The third-order valence-corrected chi connectivity index (χ3v) is 3.07. The van der Waals surface area contributed by atoms with E-state index >= 15 is 0 Å². The van der Waals surface area contributed by atoms with Crippen LogP contribution in [0.3, 0.4) is 0 Å². The van der Waals surface area contributed by atoms with Crippen molar-refractivity contribution in [1.29, 1.82) is 5.26 Å². The molecule has 0 aliphatic rings. The zero-order valence-corrected chi connectivity index (χ0v) is 13.2. The summed E-state index contributed by atoms with van der Waals surface area (Å²) in [6.07, 6.45) is 0.689. The van der Waals surface area contributed by atoms with Gasteiger partial charge in [-0.05, 0) is 37.0 Å². The molecule has 0 radical (unpaired) electrons. The summed E-state index contributed by atoms with van der Waals surface area (Å²) in [4.78, 5) is 0. The Bertz CT molecular complexity index is 455. The predicted octanol–water partition coefficient (Wildman–Crippen LogP) is 3.64. The van der Waals surface area contributed by atoms with E-state index in [0.717, 1.165) is 5.75 Å². The van der Waals surface area contributed by atoms with Crippen LogP contribution in [-0.4, -0.2) is 18.7 Å². The summed E-state index contributed by atoms with van der Waals surface area (Å²) >= 11 is 0. The number of nitrogens with one attached hydrogen (secondary N) is 1. The highest BCUT2D eigenvalue weighted by atomic mass is 16.5.